The molecule has 5 nitrogen and oxygen atoms in total. The summed E-state index contributed by atoms with van der Waals surface area (Å²) in [6.45, 7) is 0. The van der Waals surface area contributed by atoms with Gasteiger partial charge in [0, 0.05) is 17.7 Å². The highest BCUT2D eigenvalue weighted by atomic mass is 16.5. The first-order valence-corrected chi connectivity index (χ1v) is 4.74. The zero-order valence-electron chi connectivity index (χ0n) is 9.03. The Morgan fingerprint density at radius 2 is 1.88 bits per heavy atom. The Hall–Kier alpha value is -2.17. The van der Waals surface area contributed by atoms with Crippen molar-refractivity contribution < 1.29 is 9.47 Å². The second-order valence-electron chi connectivity index (χ2n) is 3.24. The molecule has 16 heavy (non-hydrogen) atoms. The number of H-pyrrole nitrogens is 2. The van der Waals surface area contributed by atoms with Crippen LogP contribution in [-0.2, 0) is 0 Å². The second-order valence-corrected chi connectivity index (χ2v) is 3.24. The third-order valence-electron chi connectivity index (χ3n) is 2.29. The van der Waals surface area contributed by atoms with Crippen LogP contribution in [0.5, 0.6) is 11.5 Å². The number of methoxy groups -OCH3 is 2. The largest absolute Gasteiger partial charge is 0.497 e. The van der Waals surface area contributed by atoms with E-state index in [4.69, 9.17) is 9.47 Å². The summed E-state index contributed by atoms with van der Waals surface area (Å²) >= 11 is 0. The van der Waals surface area contributed by atoms with Gasteiger partial charge in [0.2, 0.25) is 0 Å². The van der Waals surface area contributed by atoms with Crippen LogP contribution in [0.2, 0.25) is 0 Å². The molecule has 0 amide bonds. The van der Waals surface area contributed by atoms with Crippen LogP contribution in [0.3, 0.4) is 0 Å². The van der Waals surface area contributed by atoms with Gasteiger partial charge in [0.15, 0.2) is 0 Å². The fourth-order valence-electron chi connectivity index (χ4n) is 1.50. The van der Waals surface area contributed by atoms with Crippen LogP contribution in [0.4, 0.5) is 0 Å². The molecule has 0 aliphatic carbocycles. The monoisotopic (exact) mass is 220 g/mol. The number of aromatic amines is 2. The zero-order valence-corrected chi connectivity index (χ0v) is 9.03. The lowest BCUT2D eigenvalue weighted by Crippen LogP contribution is -1.93. The molecule has 2 rings (SSSR count). The van der Waals surface area contributed by atoms with Crippen molar-refractivity contribution in [1.29, 1.82) is 0 Å². The molecule has 0 bridgehead atoms. The standard InChI is InChI=1S/C11H12N2O3/c1-15-7-3-4-8(10(5-7)16-2)9-6-11(14)13-12-9/h3-6H,1-2H3,(H2,12,13,14). The Labute approximate surface area is 92.0 Å². The summed E-state index contributed by atoms with van der Waals surface area (Å²) in [5, 5.41) is 5.26. The molecule has 1 aromatic heterocycles. The third kappa shape index (κ3) is 1.79. The van der Waals surface area contributed by atoms with E-state index in [1.165, 1.54) is 6.07 Å². The van der Waals surface area contributed by atoms with E-state index in [9.17, 15) is 4.79 Å². The van der Waals surface area contributed by atoms with Crippen molar-refractivity contribution in [1.82, 2.24) is 10.2 Å². The van der Waals surface area contributed by atoms with E-state index in [0.717, 1.165) is 5.56 Å². The Morgan fingerprint density at radius 3 is 2.44 bits per heavy atom. The molecule has 0 spiro atoms. The molecule has 0 atom stereocenters. The molecule has 0 unspecified atom stereocenters. The van der Waals surface area contributed by atoms with Crippen LogP contribution in [-0.4, -0.2) is 24.4 Å². The van der Waals surface area contributed by atoms with Crippen LogP contribution < -0.4 is 15.0 Å². The van der Waals surface area contributed by atoms with E-state index in [2.05, 4.69) is 10.2 Å². The first-order valence-electron chi connectivity index (χ1n) is 4.74. The number of ether oxygens (including phenoxy) is 2. The maximum Gasteiger partial charge on any atom is 0.264 e. The molecule has 0 aliphatic heterocycles. The maximum atomic E-state index is 11.0. The number of nitrogens with one attached hydrogen (secondary N) is 2. The lowest BCUT2D eigenvalue weighted by Gasteiger charge is -2.08. The summed E-state index contributed by atoms with van der Waals surface area (Å²) in [5.74, 6) is 1.35. The molecule has 0 fully saturated rings. The predicted molar refractivity (Wildman–Crippen MR) is 60.0 cm³/mol. The predicted octanol–water partition coefficient (Wildman–Crippen LogP) is 1.39. The van der Waals surface area contributed by atoms with Gasteiger partial charge in [-0.15, -0.1) is 0 Å². The van der Waals surface area contributed by atoms with Gasteiger partial charge in [-0.1, -0.05) is 0 Å². The van der Waals surface area contributed by atoms with Crippen LogP contribution in [0, 0.1) is 0 Å². The van der Waals surface area contributed by atoms with Crippen LogP contribution in [0.1, 0.15) is 0 Å². The molecular formula is C11H12N2O3. The van der Waals surface area contributed by atoms with E-state index in [0.29, 0.717) is 17.2 Å². The van der Waals surface area contributed by atoms with Gasteiger partial charge in [-0.05, 0) is 12.1 Å². The van der Waals surface area contributed by atoms with Gasteiger partial charge in [-0.25, -0.2) is 0 Å². The first kappa shape index (κ1) is 10.4. The highest BCUT2D eigenvalue weighted by molar-refractivity contribution is 5.68. The summed E-state index contributed by atoms with van der Waals surface area (Å²) in [7, 11) is 3.16. The van der Waals surface area contributed by atoms with Gasteiger partial charge in [0.05, 0.1) is 19.9 Å². The van der Waals surface area contributed by atoms with Crippen LogP contribution >= 0.6 is 0 Å². The summed E-state index contributed by atoms with van der Waals surface area (Å²) in [4.78, 5) is 11.0. The fraction of sp³-hybridized carbons (Fsp3) is 0.182. The van der Waals surface area contributed by atoms with E-state index in [-0.39, 0.29) is 5.56 Å². The Morgan fingerprint density at radius 1 is 1.06 bits per heavy atom. The molecule has 1 heterocycles. The Bertz CT molecular complexity index is 542. The van der Waals surface area contributed by atoms with Crippen molar-refractivity contribution in [3.05, 3.63) is 34.6 Å². The van der Waals surface area contributed by atoms with Gasteiger partial charge in [0.1, 0.15) is 11.5 Å². The molecule has 0 saturated carbocycles. The Balaban J connectivity index is 2.52. The second kappa shape index (κ2) is 4.14. The van der Waals surface area contributed by atoms with Crippen molar-refractivity contribution in [2.24, 2.45) is 0 Å². The summed E-state index contributed by atoms with van der Waals surface area (Å²) in [6, 6.07) is 6.88. The number of benzene rings is 1. The number of hydrogen-bond acceptors (Lipinski definition) is 3. The summed E-state index contributed by atoms with van der Waals surface area (Å²) < 4.78 is 10.3. The average molecular weight is 220 g/mol. The number of rotatable bonds is 3. The first-order chi connectivity index (χ1) is 7.74. The molecule has 2 N–H and O–H groups in total. The van der Waals surface area contributed by atoms with E-state index >= 15 is 0 Å². The zero-order chi connectivity index (χ0) is 11.5. The van der Waals surface area contributed by atoms with Crippen LogP contribution in [0.25, 0.3) is 11.3 Å². The van der Waals surface area contributed by atoms with Crippen molar-refractivity contribution in [3.8, 4) is 22.8 Å². The smallest absolute Gasteiger partial charge is 0.264 e. The lowest BCUT2D eigenvalue weighted by atomic mass is 10.1. The van der Waals surface area contributed by atoms with Gasteiger partial charge in [-0.2, -0.15) is 0 Å². The van der Waals surface area contributed by atoms with E-state index in [1.54, 1.807) is 20.3 Å². The average Bonchev–Trinajstić information content (AvgIpc) is 2.74. The molecule has 0 aliphatic rings. The lowest BCUT2D eigenvalue weighted by molar-refractivity contribution is 0.395. The van der Waals surface area contributed by atoms with Gasteiger partial charge < -0.3 is 9.47 Å². The van der Waals surface area contributed by atoms with Crippen LogP contribution in [0.15, 0.2) is 29.1 Å². The van der Waals surface area contributed by atoms with Crippen molar-refractivity contribution in [3.63, 3.8) is 0 Å². The topological polar surface area (TPSA) is 67.1 Å². The minimum absolute atomic E-state index is 0.173. The van der Waals surface area contributed by atoms with Gasteiger partial charge in [-0.3, -0.25) is 15.0 Å². The van der Waals surface area contributed by atoms with E-state index in [1.807, 2.05) is 12.1 Å². The normalized spacial score (nSPS) is 10.1. The van der Waals surface area contributed by atoms with Gasteiger partial charge >= 0.3 is 0 Å². The number of hydrogen-bond donors (Lipinski definition) is 2. The molecule has 84 valence electrons. The molecule has 1 aromatic carbocycles. The fourth-order valence-corrected chi connectivity index (χ4v) is 1.50. The minimum atomic E-state index is -0.173. The minimum Gasteiger partial charge on any atom is -0.497 e. The van der Waals surface area contributed by atoms with Crippen molar-refractivity contribution >= 4 is 0 Å². The number of aromatic nitrogens is 2. The highest BCUT2D eigenvalue weighted by Crippen LogP contribution is 2.31. The highest BCUT2D eigenvalue weighted by Gasteiger charge is 2.08. The third-order valence-corrected chi connectivity index (χ3v) is 2.29. The van der Waals surface area contributed by atoms with Gasteiger partial charge in [0.25, 0.3) is 5.56 Å². The SMILES string of the molecule is COc1ccc(-c2cc(=O)[nH][nH]2)c(OC)c1. The molecule has 2 aromatic rings. The molecule has 0 radical (unpaired) electrons. The molecule has 5 heteroatoms. The van der Waals surface area contributed by atoms with Crippen molar-refractivity contribution in [2.45, 2.75) is 0 Å². The summed E-state index contributed by atoms with van der Waals surface area (Å²) in [5.41, 5.74) is 1.32. The van der Waals surface area contributed by atoms with E-state index < -0.39 is 0 Å². The molecular weight excluding hydrogens is 208 g/mol. The molecule has 0 saturated heterocycles. The summed E-state index contributed by atoms with van der Waals surface area (Å²) in [6.07, 6.45) is 0. The Kier molecular flexibility index (Phi) is 2.68. The maximum absolute atomic E-state index is 11.0. The van der Waals surface area contributed by atoms with Crippen molar-refractivity contribution in [2.75, 3.05) is 14.2 Å². The quantitative estimate of drug-likeness (QED) is 0.821.